The number of nitrogens with one attached hydrogen (secondary N) is 2. The molecule has 3 rings (SSSR count). The van der Waals surface area contributed by atoms with Crippen molar-refractivity contribution in [1.29, 1.82) is 0 Å². The van der Waals surface area contributed by atoms with Gasteiger partial charge in [-0.15, -0.1) is 10.2 Å². The first-order chi connectivity index (χ1) is 14.4. The molecule has 1 aromatic heterocycles. The highest BCUT2D eigenvalue weighted by Gasteiger charge is 2.30. The largest absolute Gasteiger partial charge is 0.353 e. The molecule has 10 heteroatoms. The van der Waals surface area contributed by atoms with E-state index in [1.807, 2.05) is 13.8 Å². The second kappa shape index (κ2) is 9.75. The standard InChI is InChI=1S/C20H24FN5O3S/c1-3-12(2)22-16(27)13-8-10-26(11-9-13)20(29)19-25-24-18(30-19)17(28)23-15-6-4-14(21)5-7-15/h4-7,12-13H,3,8-11H2,1-2H3,(H,22,27)(H,23,28)/t12-/m1/s1. The molecule has 0 aliphatic carbocycles. The maximum Gasteiger partial charge on any atom is 0.286 e. The van der Waals surface area contributed by atoms with Crippen LogP contribution in [0.2, 0.25) is 0 Å². The summed E-state index contributed by atoms with van der Waals surface area (Å²) in [4.78, 5) is 38.9. The lowest BCUT2D eigenvalue weighted by Gasteiger charge is -2.31. The number of carbonyl (C=O) groups is 3. The number of aromatic nitrogens is 2. The molecule has 0 radical (unpaired) electrons. The Hall–Kier alpha value is -2.88. The van der Waals surface area contributed by atoms with Crippen LogP contribution in [0.5, 0.6) is 0 Å². The van der Waals surface area contributed by atoms with Crippen molar-refractivity contribution >= 4 is 34.7 Å². The average molecular weight is 434 g/mol. The predicted octanol–water partition coefficient (Wildman–Crippen LogP) is 2.70. The smallest absolute Gasteiger partial charge is 0.286 e. The molecule has 8 nitrogen and oxygen atoms in total. The molecule has 160 valence electrons. The van der Waals surface area contributed by atoms with Crippen LogP contribution < -0.4 is 10.6 Å². The molecule has 1 atom stereocenters. The van der Waals surface area contributed by atoms with E-state index in [-0.39, 0.29) is 33.8 Å². The van der Waals surface area contributed by atoms with E-state index in [1.165, 1.54) is 24.3 Å². The van der Waals surface area contributed by atoms with Crippen molar-refractivity contribution in [3.63, 3.8) is 0 Å². The third kappa shape index (κ3) is 5.38. The first-order valence-electron chi connectivity index (χ1n) is 9.87. The minimum atomic E-state index is -0.515. The Morgan fingerprint density at radius 1 is 1.17 bits per heavy atom. The fourth-order valence-corrected chi connectivity index (χ4v) is 3.77. The average Bonchev–Trinajstić information content (AvgIpc) is 3.25. The van der Waals surface area contributed by atoms with Crippen molar-refractivity contribution in [3.05, 3.63) is 40.1 Å². The number of amides is 3. The van der Waals surface area contributed by atoms with Gasteiger partial charge in [0, 0.05) is 30.7 Å². The fourth-order valence-electron chi connectivity index (χ4n) is 3.06. The van der Waals surface area contributed by atoms with E-state index >= 15 is 0 Å². The normalized spacial score (nSPS) is 15.5. The van der Waals surface area contributed by atoms with Crippen molar-refractivity contribution in [3.8, 4) is 0 Å². The summed E-state index contributed by atoms with van der Waals surface area (Å²) in [6.07, 6.45) is 2.05. The second-order valence-electron chi connectivity index (χ2n) is 7.26. The molecular formula is C20H24FN5O3S. The number of piperidine rings is 1. The Labute approximate surface area is 177 Å². The molecular weight excluding hydrogens is 409 g/mol. The van der Waals surface area contributed by atoms with E-state index in [2.05, 4.69) is 20.8 Å². The molecule has 0 unspecified atom stereocenters. The van der Waals surface area contributed by atoms with Gasteiger partial charge in [-0.1, -0.05) is 18.3 Å². The topological polar surface area (TPSA) is 104 Å². The van der Waals surface area contributed by atoms with Gasteiger partial charge in [0.15, 0.2) is 0 Å². The summed E-state index contributed by atoms with van der Waals surface area (Å²) in [5.74, 6) is -1.28. The van der Waals surface area contributed by atoms with Gasteiger partial charge in [0.05, 0.1) is 0 Å². The highest BCUT2D eigenvalue weighted by molar-refractivity contribution is 7.15. The van der Waals surface area contributed by atoms with Gasteiger partial charge in [-0.3, -0.25) is 14.4 Å². The number of hydrogen-bond acceptors (Lipinski definition) is 6. The maximum atomic E-state index is 13.0. The van der Waals surface area contributed by atoms with Gasteiger partial charge >= 0.3 is 0 Å². The number of anilines is 1. The van der Waals surface area contributed by atoms with Gasteiger partial charge < -0.3 is 15.5 Å². The minimum absolute atomic E-state index is 0.0344. The first kappa shape index (κ1) is 21.8. The third-order valence-electron chi connectivity index (χ3n) is 5.06. The van der Waals surface area contributed by atoms with Crippen LogP contribution in [-0.2, 0) is 4.79 Å². The molecule has 0 spiro atoms. The number of carbonyl (C=O) groups excluding carboxylic acids is 3. The lowest BCUT2D eigenvalue weighted by Crippen LogP contribution is -2.44. The van der Waals surface area contributed by atoms with E-state index in [4.69, 9.17) is 0 Å². The van der Waals surface area contributed by atoms with Crippen LogP contribution in [-0.4, -0.2) is 52.0 Å². The monoisotopic (exact) mass is 433 g/mol. The summed E-state index contributed by atoms with van der Waals surface area (Å²) >= 11 is 0.905. The molecule has 0 saturated carbocycles. The van der Waals surface area contributed by atoms with Crippen molar-refractivity contribution in [2.24, 2.45) is 5.92 Å². The van der Waals surface area contributed by atoms with Gasteiger partial charge in [0.1, 0.15) is 5.82 Å². The molecule has 2 heterocycles. The third-order valence-corrected chi connectivity index (χ3v) is 5.97. The van der Waals surface area contributed by atoms with E-state index in [9.17, 15) is 18.8 Å². The highest BCUT2D eigenvalue weighted by atomic mass is 32.1. The Morgan fingerprint density at radius 3 is 2.43 bits per heavy atom. The van der Waals surface area contributed by atoms with Crippen molar-refractivity contribution in [2.75, 3.05) is 18.4 Å². The second-order valence-corrected chi connectivity index (χ2v) is 8.24. The zero-order valence-corrected chi connectivity index (χ0v) is 17.7. The zero-order valence-electron chi connectivity index (χ0n) is 16.9. The van der Waals surface area contributed by atoms with Gasteiger partial charge in [-0.2, -0.15) is 0 Å². The molecule has 2 aromatic rings. The van der Waals surface area contributed by atoms with Crippen molar-refractivity contribution in [1.82, 2.24) is 20.4 Å². The van der Waals surface area contributed by atoms with Crippen LogP contribution >= 0.6 is 11.3 Å². The maximum absolute atomic E-state index is 13.0. The summed E-state index contributed by atoms with van der Waals surface area (Å²) < 4.78 is 13.0. The Balaban J connectivity index is 1.54. The Bertz CT molecular complexity index is 909. The lowest BCUT2D eigenvalue weighted by molar-refractivity contribution is -0.126. The first-order valence-corrected chi connectivity index (χ1v) is 10.7. The van der Waals surface area contributed by atoms with E-state index < -0.39 is 11.7 Å². The van der Waals surface area contributed by atoms with Crippen LogP contribution in [0.25, 0.3) is 0 Å². The predicted molar refractivity (Wildman–Crippen MR) is 111 cm³/mol. The van der Waals surface area contributed by atoms with Crippen LogP contribution in [0.1, 0.15) is 52.7 Å². The van der Waals surface area contributed by atoms with E-state index in [1.54, 1.807) is 4.90 Å². The summed E-state index contributed by atoms with van der Waals surface area (Å²) in [6, 6.07) is 5.47. The number of nitrogens with zero attached hydrogens (tertiary/aromatic N) is 3. The summed E-state index contributed by atoms with van der Waals surface area (Å²) in [5, 5.41) is 13.4. The van der Waals surface area contributed by atoms with E-state index in [0.29, 0.717) is 31.6 Å². The summed E-state index contributed by atoms with van der Waals surface area (Å²) in [5.41, 5.74) is 0.419. The molecule has 3 amide bonds. The fraction of sp³-hybridized carbons (Fsp3) is 0.450. The summed E-state index contributed by atoms with van der Waals surface area (Å²) in [7, 11) is 0. The molecule has 1 aliphatic rings. The van der Waals surface area contributed by atoms with Crippen LogP contribution in [0.3, 0.4) is 0 Å². The van der Waals surface area contributed by atoms with Gasteiger partial charge in [0.2, 0.25) is 15.9 Å². The van der Waals surface area contributed by atoms with Gasteiger partial charge in [-0.25, -0.2) is 4.39 Å². The van der Waals surface area contributed by atoms with Crippen molar-refractivity contribution in [2.45, 2.75) is 39.2 Å². The molecule has 2 N–H and O–H groups in total. The number of halogens is 1. The Morgan fingerprint density at radius 2 is 1.80 bits per heavy atom. The van der Waals surface area contributed by atoms with Crippen molar-refractivity contribution < 1.29 is 18.8 Å². The minimum Gasteiger partial charge on any atom is -0.353 e. The number of benzene rings is 1. The van der Waals surface area contributed by atoms with Gasteiger partial charge in [0.25, 0.3) is 11.8 Å². The van der Waals surface area contributed by atoms with Gasteiger partial charge in [-0.05, 0) is 50.5 Å². The molecule has 1 aliphatic heterocycles. The van der Waals surface area contributed by atoms with E-state index in [0.717, 1.165) is 17.8 Å². The highest BCUT2D eigenvalue weighted by Crippen LogP contribution is 2.21. The SMILES string of the molecule is CC[C@@H](C)NC(=O)C1CCN(C(=O)c2nnc(C(=O)Nc3ccc(F)cc3)s2)CC1. The zero-order chi connectivity index (χ0) is 21.7. The molecule has 1 fully saturated rings. The summed E-state index contributed by atoms with van der Waals surface area (Å²) in [6.45, 7) is 4.89. The molecule has 1 aromatic carbocycles. The molecule has 1 saturated heterocycles. The van der Waals surface area contributed by atoms with Crippen LogP contribution in [0.15, 0.2) is 24.3 Å². The lowest BCUT2D eigenvalue weighted by atomic mass is 9.95. The Kier molecular flexibility index (Phi) is 7.09. The van der Waals surface area contributed by atoms with Crippen LogP contribution in [0, 0.1) is 11.7 Å². The number of likely N-dealkylation sites (tertiary alicyclic amines) is 1. The quantitative estimate of drug-likeness (QED) is 0.729. The number of rotatable bonds is 6. The van der Waals surface area contributed by atoms with Crippen LogP contribution in [0.4, 0.5) is 10.1 Å². The molecule has 30 heavy (non-hydrogen) atoms. The number of hydrogen-bond donors (Lipinski definition) is 2. The molecule has 0 bridgehead atoms.